The van der Waals surface area contributed by atoms with Crippen molar-refractivity contribution in [2.24, 2.45) is 13.0 Å². The zero-order valence-electron chi connectivity index (χ0n) is 16.4. The van der Waals surface area contributed by atoms with Crippen LogP contribution in [0.4, 0.5) is 11.5 Å². The van der Waals surface area contributed by atoms with Crippen LogP contribution in [-0.4, -0.2) is 31.8 Å². The van der Waals surface area contributed by atoms with E-state index >= 15 is 0 Å². The highest BCUT2D eigenvalue weighted by Crippen LogP contribution is 2.35. The van der Waals surface area contributed by atoms with E-state index in [1.54, 1.807) is 25.6 Å². The summed E-state index contributed by atoms with van der Waals surface area (Å²) in [5, 5.41) is 24.2. The lowest BCUT2D eigenvalue weighted by Gasteiger charge is -2.17. The van der Waals surface area contributed by atoms with Crippen molar-refractivity contribution >= 4 is 22.4 Å². The number of aliphatic hydroxyl groups is 1. The van der Waals surface area contributed by atoms with Crippen LogP contribution in [-0.2, 0) is 30.5 Å². The van der Waals surface area contributed by atoms with Crippen LogP contribution in [0, 0.1) is 5.92 Å². The molecule has 0 radical (unpaired) electrons. The standard InChI is InChI=1S/C20H27N5O2/c1-20(2,26)14-7-8-18-15(9-14)19(23-25(18)10-13-5-6-13)21-16-11-24(3)22-17(16)12-27-4/h7-9,11,13,26H,5-6,10,12H2,1-4H3,(H,21,23). The number of hydrogen-bond donors (Lipinski definition) is 2. The topological polar surface area (TPSA) is 77.1 Å². The fraction of sp³-hybridized carbons (Fsp3) is 0.500. The van der Waals surface area contributed by atoms with E-state index < -0.39 is 5.60 Å². The Kier molecular flexibility index (Phi) is 4.44. The average Bonchev–Trinajstić information content (AvgIpc) is 3.26. The number of ether oxygens (including phenoxy) is 1. The van der Waals surface area contributed by atoms with Gasteiger partial charge in [-0.15, -0.1) is 0 Å². The van der Waals surface area contributed by atoms with E-state index in [1.807, 2.05) is 25.4 Å². The lowest BCUT2D eigenvalue weighted by atomic mass is 9.97. The number of nitrogens with one attached hydrogen (secondary N) is 1. The lowest BCUT2D eigenvalue weighted by Crippen LogP contribution is -2.15. The number of fused-ring (bicyclic) bond motifs is 1. The number of hydrogen-bond acceptors (Lipinski definition) is 5. The maximum absolute atomic E-state index is 10.4. The summed E-state index contributed by atoms with van der Waals surface area (Å²) in [6, 6.07) is 6.07. The second-order valence-corrected chi connectivity index (χ2v) is 7.99. The van der Waals surface area contributed by atoms with Gasteiger partial charge in [0.15, 0.2) is 5.82 Å². The molecule has 7 nitrogen and oxygen atoms in total. The van der Waals surface area contributed by atoms with Gasteiger partial charge >= 0.3 is 0 Å². The van der Waals surface area contributed by atoms with Gasteiger partial charge in [-0.05, 0) is 50.3 Å². The first-order valence-electron chi connectivity index (χ1n) is 9.37. The van der Waals surface area contributed by atoms with E-state index in [9.17, 15) is 5.11 Å². The van der Waals surface area contributed by atoms with Gasteiger partial charge in [0.2, 0.25) is 0 Å². The minimum Gasteiger partial charge on any atom is -0.386 e. The summed E-state index contributed by atoms with van der Waals surface area (Å²) >= 11 is 0. The summed E-state index contributed by atoms with van der Waals surface area (Å²) in [7, 11) is 3.55. The summed E-state index contributed by atoms with van der Waals surface area (Å²) in [6.07, 6.45) is 4.47. The third-order valence-electron chi connectivity index (χ3n) is 5.02. The van der Waals surface area contributed by atoms with Crippen LogP contribution in [0.1, 0.15) is 37.9 Å². The Morgan fingerprint density at radius 1 is 1.30 bits per heavy atom. The molecule has 7 heteroatoms. The van der Waals surface area contributed by atoms with Gasteiger partial charge in [0.1, 0.15) is 5.69 Å². The van der Waals surface area contributed by atoms with E-state index in [0.717, 1.165) is 46.1 Å². The molecule has 4 rings (SSSR count). The minimum atomic E-state index is -0.903. The van der Waals surface area contributed by atoms with Gasteiger partial charge in [-0.1, -0.05) is 6.07 Å². The molecule has 2 heterocycles. The highest BCUT2D eigenvalue weighted by molar-refractivity contribution is 5.92. The maximum Gasteiger partial charge on any atom is 0.160 e. The molecule has 2 N–H and O–H groups in total. The lowest BCUT2D eigenvalue weighted by molar-refractivity contribution is 0.0787. The van der Waals surface area contributed by atoms with Gasteiger partial charge in [-0.25, -0.2) is 0 Å². The fourth-order valence-corrected chi connectivity index (χ4v) is 3.35. The zero-order valence-corrected chi connectivity index (χ0v) is 16.4. The molecule has 0 saturated heterocycles. The quantitative estimate of drug-likeness (QED) is 0.668. The first kappa shape index (κ1) is 18.0. The Morgan fingerprint density at radius 3 is 2.74 bits per heavy atom. The molecule has 0 spiro atoms. The summed E-state index contributed by atoms with van der Waals surface area (Å²) in [4.78, 5) is 0. The largest absolute Gasteiger partial charge is 0.386 e. The minimum absolute atomic E-state index is 0.429. The molecular weight excluding hydrogens is 342 g/mol. The highest BCUT2D eigenvalue weighted by Gasteiger charge is 2.25. The Bertz CT molecular complexity index is 963. The first-order valence-corrected chi connectivity index (χ1v) is 9.37. The molecule has 1 saturated carbocycles. The molecule has 0 aliphatic heterocycles. The normalized spacial score (nSPS) is 14.9. The summed E-state index contributed by atoms with van der Waals surface area (Å²) in [5.74, 6) is 1.50. The van der Waals surface area contributed by atoms with Crippen molar-refractivity contribution in [1.29, 1.82) is 0 Å². The van der Waals surface area contributed by atoms with Crippen LogP contribution in [0.2, 0.25) is 0 Å². The maximum atomic E-state index is 10.4. The van der Waals surface area contributed by atoms with E-state index in [0.29, 0.717) is 6.61 Å². The van der Waals surface area contributed by atoms with Crippen LogP contribution < -0.4 is 5.32 Å². The van der Waals surface area contributed by atoms with Crippen molar-refractivity contribution < 1.29 is 9.84 Å². The number of benzene rings is 1. The van der Waals surface area contributed by atoms with Gasteiger partial charge in [-0.3, -0.25) is 9.36 Å². The molecule has 1 fully saturated rings. The molecular formula is C20H27N5O2. The van der Waals surface area contributed by atoms with Crippen LogP contribution in [0.25, 0.3) is 10.9 Å². The predicted molar refractivity (Wildman–Crippen MR) is 105 cm³/mol. The number of nitrogens with zero attached hydrogens (tertiary/aromatic N) is 4. The predicted octanol–water partition coefficient (Wildman–Crippen LogP) is 3.30. The Hall–Kier alpha value is -2.38. The molecule has 0 unspecified atom stereocenters. The Morgan fingerprint density at radius 2 is 2.07 bits per heavy atom. The number of aromatic nitrogens is 4. The van der Waals surface area contributed by atoms with Gasteiger partial charge < -0.3 is 15.2 Å². The Balaban J connectivity index is 1.78. The van der Waals surface area contributed by atoms with E-state index in [-0.39, 0.29) is 0 Å². The van der Waals surface area contributed by atoms with Crippen LogP contribution in [0.3, 0.4) is 0 Å². The first-order chi connectivity index (χ1) is 12.8. The number of rotatable bonds is 7. The summed E-state index contributed by atoms with van der Waals surface area (Å²) in [6.45, 7) is 4.96. The van der Waals surface area contributed by atoms with Gasteiger partial charge in [0.25, 0.3) is 0 Å². The smallest absolute Gasteiger partial charge is 0.160 e. The monoisotopic (exact) mass is 369 g/mol. The second kappa shape index (κ2) is 6.65. The van der Waals surface area contributed by atoms with Crippen molar-refractivity contribution in [3.8, 4) is 0 Å². The molecule has 1 aromatic carbocycles. The van der Waals surface area contributed by atoms with Crippen molar-refractivity contribution in [3.05, 3.63) is 35.7 Å². The molecule has 0 bridgehead atoms. The molecule has 1 aliphatic rings. The number of anilines is 2. The van der Waals surface area contributed by atoms with Crippen molar-refractivity contribution in [3.63, 3.8) is 0 Å². The van der Waals surface area contributed by atoms with Gasteiger partial charge in [-0.2, -0.15) is 10.2 Å². The molecule has 144 valence electrons. The third kappa shape index (κ3) is 3.70. The van der Waals surface area contributed by atoms with Crippen molar-refractivity contribution in [2.45, 2.75) is 45.4 Å². The summed E-state index contributed by atoms with van der Waals surface area (Å²) in [5.41, 5.74) is 2.76. The number of methoxy groups -OCH3 is 1. The molecule has 3 aromatic rings. The van der Waals surface area contributed by atoms with E-state index in [1.165, 1.54) is 12.8 Å². The third-order valence-corrected chi connectivity index (χ3v) is 5.02. The van der Waals surface area contributed by atoms with E-state index in [2.05, 4.69) is 21.2 Å². The average molecular weight is 369 g/mol. The summed E-state index contributed by atoms with van der Waals surface area (Å²) < 4.78 is 9.11. The molecule has 0 atom stereocenters. The van der Waals surface area contributed by atoms with Gasteiger partial charge in [0, 0.05) is 32.3 Å². The van der Waals surface area contributed by atoms with Crippen LogP contribution in [0.5, 0.6) is 0 Å². The van der Waals surface area contributed by atoms with Crippen LogP contribution >= 0.6 is 0 Å². The highest BCUT2D eigenvalue weighted by atomic mass is 16.5. The molecule has 1 aliphatic carbocycles. The van der Waals surface area contributed by atoms with E-state index in [4.69, 9.17) is 9.84 Å². The molecule has 27 heavy (non-hydrogen) atoms. The Labute approximate surface area is 158 Å². The number of aryl methyl sites for hydroxylation is 1. The fourth-order valence-electron chi connectivity index (χ4n) is 3.35. The molecule has 2 aromatic heterocycles. The molecule has 0 amide bonds. The van der Waals surface area contributed by atoms with Gasteiger partial charge in [0.05, 0.1) is 23.4 Å². The SMILES string of the molecule is COCc1nn(C)cc1Nc1nn(CC2CC2)c2ccc(C(C)(C)O)cc12. The van der Waals surface area contributed by atoms with Crippen molar-refractivity contribution in [2.75, 3.05) is 12.4 Å². The van der Waals surface area contributed by atoms with Crippen LogP contribution in [0.15, 0.2) is 24.4 Å². The van der Waals surface area contributed by atoms with Crippen molar-refractivity contribution in [1.82, 2.24) is 19.6 Å². The zero-order chi connectivity index (χ0) is 19.2. The second-order valence-electron chi connectivity index (χ2n) is 7.99.